The molecule has 1 aliphatic carbocycles. The summed E-state index contributed by atoms with van der Waals surface area (Å²) in [7, 11) is 1.75. The lowest BCUT2D eigenvalue weighted by Gasteiger charge is -2.31. The van der Waals surface area contributed by atoms with E-state index in [-0.39, 0.29) is 0 Å². The molecule has 16 heavy (non-hydrogen) atoms. The van der Waals surface area contributed by atoms with Gasteiger partial charge >= 0.3 is 0 Å². The van der Waals surface area contributed by atoms with Gasteiger partial charge in [0.2, 0.25) is 0 Å². The van der Waals surface area contributed by atoms with E-state index in [1.54, 1.807) is 7.11 Å². The van der Waals surface area contributed by atoms with Crippen molar-refractivity contribution < 1.29 is 4.74 Å². The number of ether oxygens (including phenoxy) is 1. The third-order valence-corrected chi connectivity index (χ3v) is 3.96. The molecule has 1 nitrogen and oxygen atoms in total. The molecule has 88 valence electrons. The number of methoxy groups -OCH3 is 1. The van der Waals surface area contributed by atoms with Crippen LogP contribution >= 0.6 is 0 Å². The van der Waals surface area contributed by atoms with Gasteiger partial charge in [-0.1, -0.05) is 38.3 Å². The molecule has 1 aromatic carbocycles. The summed E-state index contributed by atoms with van der Waals surface area (Å²) in [6.07, 6.45) is 6.86. The van der Waals surface area contributed by atoms with Crippen LogP contribution in [0.2, 0.25) is 0 Å². The molecule has 0 aliphatic heterocycles. The maximum absolute atomic E-state index is 5.31. The lowest BCUT2D eigenvalue weighted by Crippen LogP contribution is -2.17. The van der Waals surface area contributed by atoms with Crippen LogP contribution in [0.1, 0.15) is 50.5 Å². The first-order valence-electron chi connectivity index (χ1n) is 6.49. The highest BCUT2D eigenvalue weighted by atomic mass is 16.5. The number of hydrogen-bond acceptors (Lipinski definition) is 1. The van der Waals surface area contributed by atoms with Gasteiger partial charge in [0.05, 0.1) is 7.11 Å². The van der Waals surface area contributed by atoms with E-state index in [9.17, 15) is 0 Å². The van der Waals surface area contributed by atoms with Crippen molar-refractivity contribution >= 4 is 0 Å². The topological polar surface area (TPSA) is 9.23 Å². The Morgan fingerprint density at radius 2 is 2.06 bits per heavy atom. The van der Waals surface area contributed by atoms with Crippen molar-refractivity contribution in [1.29, 1.82) is 0 Å². The molecule has 1 aliphatic rings. The zero-order valence-electron chi connectivity index (χ0n) is 10.4. The molecule has 2 rings (SSSR count). The Bertz CT molecular complexity index is 332. The average molecular weight is 218 g/mol. The van der Waals surface area contributed by atoms with Gasteiger partial charge in [-0.15, -0.1) is 0 Å². The second-order valence-electron chi connectivity index (χ2n) is 4.84. The molecule has 0 amide bonds. The lowest BCUT2D eigenvalue weighted by molar-refractivity contribution is 0.298. The van der Waals surface area contributed by atoms with Crippen LogP contribution in [-0.2, 0) is 0 Å². The molecule has 0 N–H and O–H groups in total. The minimum absolute atomic E-state index is 0.758. The Morgan fingerprint density at radius 1 is 1.25 bits per heavy atom. The molecule has 2 unspecified atom stereocenters. The van der Waals surface area contributed by atoms with Crippen molar-refractivity contribution in [2.24, 2.45) is 5.92 Å². The third kappa shape index (κ3) is 2.40. The SMILES string of the molecule is CCC1CCCCC1c1cccc(OC)c1. The predicted octanol–water partition coefficient (Wildman–Crippen LogP) is 4.38. The maximum Gasteiger partial charge on any atom is 0.119 e. The van der Waals surface area contributed by atoms with E-state index in [4.69, 9.17) is 4.74 Å². The smallest absolute Gasteiger partial charge is 0.119 e. The van der Waals surface area contributed by atoms with E-state index in [1.807, 2.05) is 6.07 Å². The van der Waals surface area contributed by atoms with Crippen LogP contribution in [0.25, 0.3) is 0 Å². The van der Waals surface area contributed by atoms with Crippen LogP contribution in [0.4, 0.5) is 0 Å². The standard InChI is InChI=1S/C15H22O/c1-3-12-7-4-5-10-15(12)13-8-6-9-14(11-13)16-2/h6,8-9,11-12,15H,3-5,7,10H2,1-2H3. The lowest BCUT2D eigenvalue weighted by atomic mass is 9.74. The van der Waals surface area contributed by atoms with Crippen molar-refractivity contribution in [3.8, 4) is 5.75 Å². The fourth-order valence-electron chi connectivity index (χ4n) is 3.01. The van der Waals surface area contributed by atoms with E-state index in [0.29, 0.717) is 0 Å². The number of hydrogen-bond donors (Lipinski definition) is 0. The van der Waals surface area contributed by atoms with Gasteiger partial charge in [-0.05, 0) is 42.4 Å². The van der Waals surface area contributed by atoms with Gasteiger partial charge in [0.25, 0.3) is 0 Å². The van der Waals surface area contributed by atoms with Crippen LogP contribution in [0, 0.1) is 5.92 Å². The minimum atomic E-state index is 0.758. The van der Waals surface area contributed by atoms with Gasteiger partial charge < -0.3 is 4.74 Å². The molecule has 2 atom stereocenters. The highest BCUT2D eigenvalue weighted by molar-refractivity contribution is 5.31. The Morgan fingerprint density at radius 3 is 2.81 bits per heavy atom. The molecule has 0 saturated heterocycles. The summed E-state index contributed by atoms with van der Waals surface area (Å²) in [5.74, 6) is 2.63. The van der Waals surface area contributed by atoms with Crippen LogP contribution in [0.15, 0.2) is 24.3 Å². The summed E-state index contributed by atoms with van der Waals surface area (Å²) in [6, 6.07) is 8.64. The fourth-order valence-corrected chi connectivity index (χ4v) is 3.01. The molecule has 0 spiro atoms. The summed E-state index contributed by atoms with van der Waals surface area (Å²) in [6.45, 7) is 2.32. The Balaban J connectivity index is 2.20. The Labute approximate surface area is 98.8 Å². The van der Waals surface area contributed by atoms with Gasteiger partial charge in [-0.2, -0.15) is 0 Å². The summed E-state index contributed by atoms with van der Waals surface area (Å²) >= 11 is 0. The normalized spacial score (nSPS) is 25.4. The summed E-state index contributed by atoms with van der Waals surface area (Å²) in [4.78, 5) is 0. The summed E-state index contributed by atoms with van der Waals surface area (Å²) in [5, 5.41) is 0. The molecule has 0 aromatic heterocycles. The summed E-state index contributed by atoms with van der Waals surface area (Å²) < 4.78 is 5.31. The van der Waals surface area contributed by atoms with Gasteiger partial charge in [-0.3, -0.25) is 0 Å². The van der Waals surface area contributed by atoms with Crippen molar-refractivity contribution in [1.82, 2.24) is 0 Å². The van der Waals surface area contributed by atoms with E-state index < -0.39 is 0 Å². The van der Waals surface area contributed by atoms with Gasteiger partial charge in [0.15, 0.2) is 0 Å². The van der Waals surface area contributed by atoms with E-state index in [2.05, 4.69) is 25.1 Å². The summed E-state index contributed by atoms with van der Waals surface area (Å²) in [5.41, 5.74) is 1.48. The molecule has 1 fully saturated rings. The van der Waals surface area contributed by atoms with Crippen molar-refractivity contribution in [2.45, 2.75) is 44.9 Å². The number of benzene rings is 1. The van der Waals surface area contributed by atoms with E-state index in [0.717, 1.165) is 17.6 Å². The molecule has 0 radical (unpaired) electrons. The molecular formula is C15H22O. The first-order valence-corrected chi connectivity index (χ1v) is 6.49. The number of rotatable bonds is 3. The first kappa shape index (κ1) is 11.5. The molecule has 1 saturated carbocycles. The van der Waals surface area contributed by atoms with Crippen molar-refractivity contribution in [2.75, 3.05) is 7.11 Å². The van der Waals surface area contributed by atoms with Gasteiger partial charge in [0, 0.05) is 0 Å². The highest BCUT2D eigenvalue weighted by Gasteiger charge is 2.25. The molecule has 0 bridgehead atoms. The van der Waals surface area contributed by atoms with Crippen LogP contribution in [0.3, 0.4) is 0 Å². The Hall–Kier alpha value is -0.980. The quantitative estimate of drug-likeness (QED) is 0.731. The monoisotopic (exact) mass is 218 g/mol. The largest absolute Gasteiger partial charge is 0.497 e. The van der Waals surface area contributed by atoms with Gasteiger partial charge in [-0.25, -0.2) is 0 Å². The Kier molecular flexibility index (Phi) is 3.87. The molecule has 1 aromatic rings. The zero-order valence-corrected chi connectivity index (χ0v) is 10.4. The second kappa shape index (κ2) is 5.38. The zero-order chi connectivity index (χ0) is 11.4. The molecule has 1 heteroatoms. The minimum Gasteiger partial charge on any atom is -0.497 e. The van der Waals surface area contributed by atoms with Crippen LogP contribution in [-0.4, -0.2) is 7.11 Å². The van der Waals surface area contributed by atoms with E-state index in [1.165, 1.54) is 37.7 Å². The second-order valence-corrected chi connectivity index (χ2v) is 4.84. The molecular weight excluding hydrogens is 196 g/mol. The fraction of sp³-hybridized carbons (Fsp3) is 0.600. The van der Waals surface area contributed by atoms with E-state index >= 15 is 0 Å². The first-order chi connectivity index (χ1) is 7.85. The third-order valence-electron chi connectivity index (χ3n) is 3.96. The van der Waals surface area contributed by atoms with Gasteiger partial charge in [0.1, 0.15) is 5.75 Å². The predicted molar refractivity (Wildman–Crippen MR) is 68.0 cm³/mol. The average Bonchev–Trinajstić information content (AvgIpc) is 2.38. The highest BCUT2D eigenvalue weighted by Crippen LogP contribution is 2.40. The maximum atomic E-state index is 5.31. The molecule has 0 heterocycles. The van der Waals surface area contributed by atoms with Crippen LogP contribution < -0.4 is 4.74 Å². The van der Waals surface area contributed by atoms with Crippen LogP contribution in [0.5, 0.6) is 5.75 Å². The van der Waals surface area contributed by atoms with Crippen molar-refractivity contribution in [3.63, 3.8) is 0 Å². The van der Waals surface area contributed by atoms with Crippen molar-refractivity contribution in [3.05, 3.63) is 29.8 Å².